The van der Waals surface area contributed by atoms with Gasteiger partial charge in [0.15, 0.2) is 0 Å². The fraction of sp³-hybridized carbons (Fsp3) is 0.956. The number of carbonyl (C=O) groups excluding carboxylic acids is 2. The molecule has 2 unspecified atom stereocenters. The lowest BCUT2D eigenvalue weighted by molar-refractivity contribution is -0.143. The topological polar surface area (TPSA) is 95.9 Å². The van der Waals surface area contributed by atoms with Gasteiger partial charge >= 0.3 is 5.97 Å². The van der Waals surface area contributed by atoms with Crippen LogP contribution in [0.3, 0.4) is 0 Å². The van der Waals surface area contributed by atoms with Gasteiger partial charge in [0.05, 0.1) is 25.4 Å². The summed E-state index contributed by atoms with van der Waals surface area (Å²) in [6.07, 6.45) is 112. The number of aliphatic hydroxyl groups excluding tert-OH is 2. The molecular weight excluding hydrogens is 1190 g/mol. The van der Waals surface area contributed by atoms with E-state index in [-0.39, 0.29) is 18.5 Å². The first-order chi connectivity index (χ1) is 48.0. The molecule has 0 bridgehead atoms. The average Bonchev–Trinajstić information content (AvgIpc) is 3.72. The molecule has 0 spiro atoms. The van der Waals surface area contributed by atoms with Crippen molar-refractivity contribution in [2.24, 2.45) is 0 Å². The number of aliphatic hydroxyl groups is 2. The van der Waals surface area contributed by atoms with Crippen molar-refractivity contribution in [2.75, 3.05) is 13.2 Å². The minimum atomic E-state index is -0.661. The van der Waals surface area contributed by atoms with Crippen LogP contribution in [-0.4, -0.2) is 47.4 Å². The van der Waals surface area contributed by atoms with Crippen molar-refractivity contribution >= 4 is 11.9 Å². The lowest BCUT2D eigenvalue weighted by Gasteiger charge is -2.22. The number of allylic oxidation sites excluding steroid dienone is 2. The number of hydrogen-bond acceptors (Lipinski definition) is 5. The maximum Gasteiger partial charge on any atom is 0.305 e. The van der Waals surface area contributed by atoms with Crippen molar-refractivity contribution in [1.29, 1.82) is 0 Å². The predicted molar refractivity (Wildman–Crippen MR) is 430 cm³/mol. The van der Waals surface area contributed by atoms with Crippen molar-refractivity contribution in [2.45, 2.75) is 546 Å². The van der Waals surface area contributed by atoms with Gasteiger partial charge < -0.3 is 20.3 Å². The van der Waals surface area contributed by atoms with Gasteiger partial charge in [0.1, 0.15) is 0 Å². The van der Waals surface area contributed by atoms with Gasteiger partial charge in [0.25, 0.3) is 0 Å². The molecule has 97 heavy (non-hydrogen) atoms. The molecule has 0 fully saturated rings. The largest absolute Gasteiger partial charge is 0.466 e. The summed E-state index contributed by atoms with van der Waals surface area (Å²) in [7, 11) is 0. The number of rotatable bonds is 87. The molecule has 0 aromatic heterocycles. The molecule has 0 radical (unpaired) electrons. The molecule has 3 N–H and O–H groups in total. The van der Waals surface area contributed by atoms with Crippen molar-refractivity contribution in [3.8, 4) is 0 Å². The number of hydrogen-bond donors (Lipinski definition) is 3. The van der Waals surface area contributed by atoms with Crippen LogP contribution in [0.4, 0.5) is 0 Å². The summed E-state index contributed by atoms with van der Waals surface area (Å²) >= 11 is 0. The first kappa shape index (κ1) is 95.6. The zero-order chi connectivity index (χ0) is 69.8. The van der Waals surface area contributed by atoms with Crippen LogP contribution in [0.5, 0.6) is 0 Å². The van der Waals surface area contributed by atoms with Crippen molar-refractivity contribution in [3.63, 3.8) is 0 Å². The molecule has 0 saturated heterocycles. The van der Waals surface area contributed by atoms with E-state index >= 15 is 0 Å². The molecule has 0 aromatic rings. The molecule has 0 rings (SSSR count). The second-order valence-electron chi connectivity index (χ2n) is 31.6. The minimum Gasteiger partial charge on any atom is -0.466 e. The minimum absolute atomic E-state index is 0.0181. The predicted octanol–water partition coefficient (Wildman–Crippen LogP) is 30.6. The van der Waals surface area contributed by atoms with Crippen LogP contribution in [-0.2, 0) is 14.3 Å². The SMILES string of the molecule is CCCCCCCCC/C=C\CCCCCCCC(=O)OCCCCCCCCCCCCCCCCCCCCCCCCCCCCCCCCCCCCCCCCCC(=O)NC(CO)C(O)CCCCCCCCCCCCCCCCCCCCCCCCCCC. The van der Waals surface area contributed by atoms with Gasteiger partial charge in [-0.3, -0.25) is 9.59 Å². The summed E-state index contributed by atoms with van der Waals surface area (Å²) in [6, 6.07) is -0.538. The zero-order valence-corrected chi connectivity index (χ0v) is 66.6. The summed E-state index contributed by atoms with van der Waals surface area (Å²) in [5, 5.41) is 23.5. The Balaban J connectivity index is 3.30. The first-order valence-electron chi connectivity index (χ1n) is 45.4. The van der Waals surface area contributed by atoms with Crippen molar-refractivity contribution in [1.82, 2.24) is 5.32 Å². The Bertz CT molecular complexity index is 1480. The van der Waals surface area contributed by atoms with E-state index in [2.05, 4.69) is 31.3 Å². The third-order valence-corrected chi connectivity index (χ3v) is 21.8. The standard InChI is InChI=1S/C91H179NO5/c1-3-5-7-9-11-13-15-17-19-21-22-23-24-40-43-46-49-52-55-59-63-67-71-75-79-83-89(94)88(87-93)92-90(95)84-80-76-72-68-64-60-56-53-50-47-44-41-38-36-34-32-30-28-26-25-27-29-31-33-35-37-39-42-45-48-51-54-58-62-66-70-74-78-82-86-97-91(96)85-81-77-73-69-65-61-57-20-18-16-14-12-10-8-6-4-2/h20,57,88-89,93-94H,3-19,21-56,58-87H2,1-2H3,(H,92,95)/b57-20-. The van der Waals surface area contributed by atoms with Crippen LogP contribution >= 0.6 is 0 Å². The zero-order valence-electron chi connectivity index (χ0n) is 66.6. The van der Waals surface area contributed by atoms with E-state index in [0.717, 1.165) is 44.9 Å². The fourth-order valence-electron chi connectivity index (χ4n) is 14.9. The summed E-state index contributed by atoms with van der Waals surface area (Å²) in [6.45, 7) is 5.02. The highest BCUT2D eigenvalue weighted by atomic mass is 16.5. The smallest absolute Gasteiger partial charge is 0.305 e. The Morgan fingerprint density at radius 2 is 0.485 bits per heavy atom. The Kier molecular flexibility index (Phi) is 85.7. The first-order valence-corrected chi connectivity index (χ1v) is 45.4. The highest BCUT2D eigenvalue weighted by Crippen LogP contribution is 2.22. The highest BCUT2D eigenvalue weighted by Gasteiger charge is 2.20. The Labute approximate surface area is 609 Å². The van der Waals surface area contributed by atoms with Gasteiger partial charge in [0.2, 0.25) is 5.91 Å². The number of carbonyl (C=O) groups is 2. The molecule has 0 aliphatic heterocycles. The molecule has 1 amide bonds. The number of ether oxygens (including phenoxy) is 1. The molecule has 6 nitrogen and oxygen atoms in total. The summed E-state index contributed by atoms with van der Waals surface area (Å²) in [5.41, 5.74) is 0. The van der Waals surface area contributed by atoms with Crippen LogP contribution in [0.25, 0.3) is 0 Å². The third kappa shape index (κ3) is 83.4. The van der Waals surface area contributed by atoms with Crippen LogP contribution in [0.15, 0.2) is 12.2 Å². The third-order valence-electron chi connectivity index (χ3n) is 21.8. The van der Waals surface area contributed by atoms with Gasteiger partial charge in [-0.05, 0) is 51.4 Å². The molecule has 0 aliphatic carbocycles. The van der Waals surface area contributed by atoms with E-state index < -0.39 is 12.1 Å². The van der Waals surface area contributed by atoms with Gasteiger partial charge in [0, 0.05) is 12.8 Å². The number of esters is 1. The molecule has 578 valence electrons. The lowest BCUT2D eigenvalue weighted by Crippen LogP contribution is -2.45. The second kappa shape index (κ2) is 87.0. The average molecular weight is 1370 g/mol. The van der Waals surface area contributed by atoms with Crippen LogP contribution in [0.2, 0.25) is 0 Å². The van der Waals surface area contributed by atoms with E-state index in [1.165, 1.54) is 456 Å². The lowest BCUT2D eigenvalue weighted by atomic mass is 10.0. The Morgan fingerprint density at radius 3 is 0.732 bits per heavy atom. The second-order valence-corrected chi connectivity index (χ2v) is 31.6. The van der Waals surface area contributed by atoms with Crippen molar-refractivity contribution < 1.29 is 24.5 Å². The Morgan fingerprint density at radius 1 is 0.278 bits per heavy atom. The monoisotopic (exact) mass is 1370 g/mol. The van der Waals surface area contributed by atoms with E-state index in [0.29, 0.717) is 25.9 Å². The molecular formula is C91H179NO5. The normalized spacial score (nSPS) is 12.4. The summed E-state index contributed by atoms with van der Waals surface area (Å²) in [5.74, 6) is -0.00364. The molecule has 0 heterocycles. The van der Waals surface area contributed by atoms with Gasteiger partial charge in [-0.25, -0.2) is 0 Å². The van der Waals surface area contributed by atoms with E-state index in [4.69, 9.17) is 4.74 Å². The van der Waals surface area contributed by atoms with Crippen LogP contribution in [0.1, 0.15) is 534 Å². The molecule has 0 saturated carbocycles. The van der Waals surface area contributed by atoms with Crippen LogP contribution < -0.4 is 5.32 Å². The van der Waals surface area contributed by atoms with Gasteiger partial charge in [-0.1, -0.05) is 482 Å². The van der Waals surface area contributed by atoms with Gasteiger partial charge in [-0.2, -0.15) is 0 Å². The highest BCUT2D eigenvalue weighted by molar-refractivity contribution is 5.76. The molecule has 0 aromatic carbocycles. The maximum absolute atomic E-state index is 12.6. The molecule has 6 heteroatoms. The van der Waals surface area contributed by atoms with E-state index in [9.17, 15) is 19.8 Å². The van der Waals surface area contributed by atoms with E-state index in [1.54, 1.807) is 0 Å². The Hall–Kier alpha value is -1.40. The van der Waals surface area contributed by atoms with Gasteiger partial charge in [-0.15, -0.1) is 0 Å². The summed E-state index contributed by atoms with van der Waals surface area (Å²) in [4.78, 5) is 24.7. The number of unbranched alkanes of at least 4 members (excludes halogenated alkanes) is 74. The van der Waals surface area contributed by atoms with Crippen molar-refractivity contribution in [3.05, 3.63) is 12.2 Å². The molecule has 0 aliphatic rings. The molecule has 2 atom stereocenters. The van der Waals surface area contributed by atoms with E-state index in [1.807, 2.05) is 0 Å². The number of nitrogens with one attached hydrogen (secondary N) is 1. The van der Waals surface area contributed by atoms with Crippen LogP contribution in [0, 0.1) is 0 Å². The maximum atomic E-state index is 12.6. The number of amides is 1. The quantitative estimate of drug-likeness (QED) is 0.0320. The summed E-state index contributed by atoms with van der Waals surface area (Å²) < 4.78 is 5.51. The fourth-order valence-corrected chi connectivity index (χ4v) is 14.9.